The molecule has 2 fully saturated rings. The van der Waals surface area contributed by atoms with E-state index in [1.165, 1.54) is 45.2 Å². The molecule has 0 bridgehead atoms. The van der Waals surface area contributed by atoms with E-state index in [-0.39, 0.29) is 0 Å². The summed E-state index contributed by atoms with van der Waals surface area (Å²) in [4.78, 5) is 2.45. The molecule has 1 saturated heterocycles. The number of piperidine rings is 1. The van der Waals surface area contributed by atoms with Gasteiger partial charge in [0.05, 0.1) is 6.10 Å². The molecule has 2 aliphatic rings. The third-order valence-corrected chi connectivity index (χ3v) is 4.57. The topological polar surface area (TPSA) is 24.5 Å². The summed E-state index contributed by atoms with van der Waals surface area (Å²) in [5.41, 5.74) is 0. The van der Waals surface area contributed by atoms with E-state index in [4.69, 9.17) is 4.74 Å². The molecule has 3 nitrogen and oxygen atoms in total. The number of ether oxygens (including phenoxy) is 1. The van der Waals surface area contributed by atoms with Gasteiger partial charge in [-0.3, -0.25) is 0 Å². The normalized spacial score (nSPS) is 40.4. The third-order valence-electron chi connectivity index (χ3n) is 4.57. The van der Waals surface area contributed by atoms with Crippen molar-refractivity contribution in [3.8, 4) is 0 Å². The van der Waals surface area contributed by atoms with E-state index >= 15 is 0 Å². The Morgan fingerprint density at radius 1 is 1.12 bits per heavy atom. The Morgan fingerprint density at radius 2 is 1.82 bits per heavy atom. The van der Waals surface area contributed by atoms with Crippen molar-refractivity contribution in [1.29, 1.82) is 0 Å². The lowest BCUT2D eigenvalue weighted by Gasteiger charge is -2.39. The molecule has 0 radical (unpaired) electrons. The molecule has 2 atom stereocenters. The van der Waals surface area contributed by atoms with Crippen LogP contribution in [0.3, 0.4) is 0 Å². The van der Waals surface area contributed by atoms with Crippen molar-refractivity contribution in [1.82, 2.24) is 10.2 Å². The van der Waals surface area contributed by atoms with E-state index in [1.54, 1.807) is 0 Å². The maximum Gasteiger partial charge on any atom is 0.0572 e. The van der Waals surface area contributed by atoms with Gasteiger partial charge >= 0.3 is 0 Å². The maximum atomic E-state index is 5.43. The Hall–Kier alpha value is -0.120. The van der Waals surface area contributed by atoms with E-state index < -0.39 is 0 Å². The fourth-order valence-electron chi connectivity index (χ4n) is 3.37. The Labute approximate surface area is 106 Å². The van der Waals surface area contributed by atoms with Gasteiger partial charge in [0, 0.05) is 25.7 Å². The van der Waals surface area contributed by atoms with Gasteiger partial charge < -0.3 is 15.0 Å². The summed E-state index contributed by atoms with van der Waals surface area (Å²) < 4.78 is 5.43. The molecule has 0 aromatic carbocycles. The fourth-order valence-corrected chi connectivity index (χ4v) is 3.37. The minimum Gasteiger partial charge on any atom is -0.381 e. The first-order valence-corrected chi connectivity index (χ1v) is 7.16. The molecule has 0 aromatic heterocycles. The number of hydrogen-bond donors (Lipinski definition) is 1. The summed E-state index contributed by atoms with van der Waals surface area (Å²) in [7, 11) is 4.08. The highest BCUT2D eigenvalue weighted by atomic mass is 16.5. The summed E-state index contributed by atoms with van der Waals surface area (Å²) in [5.74, 6) is 0.786. The quantitative estimate of drug-likeness (QED) is 0.815. The first-order valence-electron chi connectivity index (χ1n) is 7.16. The molecule has 3 heteroatoms. The van der Waals surface area contributed by atoms with Crippen LogP contribution in [0.25, 0.3) is 0 Å². The number of nitrogens with one attached hydrogen (secondary N) is 1. The number of nitrogens with zero attached hydrogens (tertiary/aromatic N) is 1. The average molecular weight is 240 g/mol. The Kier molecular flexibility index (Phi) is 4.83. The fraction of sp³-hybridized carbons (Fsp3) is 1.00. The lowest BCUT2D eigenvalue weighted by atomic mass is 9.89. The maximum absolute atomic E-state index is 5.43. The van der Waals surface area contributed by atoms with Gasteiger partial charge in [0.25, 0.3) is 0 Å². The molecule has 2 unspecified atom stereocenters. The van der Waals surface area contributed by atoms with Crippen LogP contribution in [0.2, 0.25) is 0 Å². The summed E-state index contributed by atoms with van der Waals surface area (Å²) in [6.07, 6.45) is 6.87. The Balaban J connectivity index is 1.74. The minimum atomic E-state index is 0.517. The summed E-state index contributed by atoms with van der Waals surface area (Å²) in [5, 5.41) is 3.89. The first-order chi connectivity index (χ1) is 8.19. The summed E-state index contributed by atoms with van der Waals surface area (Å²) in [6, 6.07) is 1.47. The van der Waals surface area contributed by atoms with Gasteiger partial charge in [0.15, 0.2) is 0 Å². The second kappa shape index (κ2) is 6.17. The zero-order valence-electron chi connectivity index (χ0n) is 11.6. The molecule has 1 aliphatic heterocycles. The van der Waals surface area contributed by atoms with Gasteiger partial charge in [0.2, 0.25) is 0 Å². The van der Waals surface area contributed by atoms with Crippen molar-refractivity contribution >= 4 is 0 Å². The molecule has 2 rings (SSSR count). The Morgan fingerprint density at radius 3 is 2.41 bits per heavy atom. The standard InChI is InChI=1S/C14H28N2O/c1-11-10-16(2)9-8-14(11)15-12-4-6-13(17-3)7-5-12/h11-15H,4-10H2,1-3H3. The summed E-state index contributed by atoms with van der Waals surface area (Å²) >= 11 is 0. The smallest absolute Gasteiger partial charge is 0.0572 e. The highest BCUT2D eigenvalue weighted by molar-refractivity contribution is 4.86. The van der Waals surface area contributed by atoms with Crippen molar-refractivity contribution in [2.75, 3.05) is 27.2 Å². The van der Waals surface area contributed by atoms with E-state index in [2.05, 4.69) is 24.2 Å². The Bertz CT molecular complexity index is 226. The van der Waals surface area contributed by atoms with E-state index in [0.717, 1.165) is 18.0 Å². The largest absolute Gasteiger partial charge is 0.381 e. The van der Waals surface area contributed by atoms with Gasteiger partial charge in [-0.05, 0) is 51.6 Å². The van der Waals surface area contributed by atoms with Crippen molar-refractivity contribution in [3.63, 3.8) is 0 Å². The van der Waals surface area contributed by atoms with E-state index in [1.807, 2.05) is 7.11 Å². The van der Waals surface area contributed by atoms with Crippen LogP contribution >= 0.6 is 0 Å². The van der Waals surface area contributed by atoms with Crippen LogP contribution < -0.4 is 5.32 Å². The predicted molar refractivity (Wildman–Crippen MR) is 71.3 cm³/mol. The molecule has 100 valence electrons. The lowest BCUT2D eigenvalue weighted by Crippen LogP contribution is -2.51. The average Bonchev–Trinajstić information content (AvgIpc) is 2.34. The molecule has 0 spiro atoms. The predicted octanol–water partition coefficient (Wildman–Crippen LogP) is 1.87. The lowest BCUT2D eigenvalue weighted by molar-refractivity contribution is 0.0573. The van der Waals surface area contributed by atoms with Crippen molar-refractivity contribution < 1.29 is 4.74 Å². The second-order valence-corrected chi connectivity index (χ2v) is 6.01. The first kappa shape index (κ1) is 13.3. The van der Waals surface area contributed by atoms with E-state index in [0.29, 0.717) is 6.10 Å². The van der Waals surface area contributed by atoms with Gasteiger partial charge in [0.1, 0.15) is 0 Å². The zero-order valence-corrected chi connectivity index (χ0v) is 11.6. The SMILES string of the molecule is COC1CCC(NC2CCN(C)CC2C)CC1. The van der Waals surface area contributed by atoms with Crippen LogP contribution in [0.1, 0.15) is 39.0 Å². The monoisotopic (exact) mass is 240 g/mol. The van der Waals surface area contributed by atoms with E-state index in [9.17, 15) is 0 Å². The van der Waals surface area contributed by atoms with Crippen molar-refractivity contribution in [2.24, 2.45) is 5.92 Å². The number of methoxy groups -OCH3 is 1. The van der Waals surface area contributed by atoms with Gasteiger partial charge in [-0.1, -0.05) is 6.92 Å². The number of likely N-dealkylation sites (tertiary alicyclic amines) is 1. The van der Waals surface area contributed by atoms with Crippen LogP contribution in [0.15, 0.2) is 0 Å². The highest BCUT2D eigenvalue weighted by Gasteiger charge is 2.28. The highest BCUT2D eigenvalue weighted by Crippen LogP contribution is 2.23. The van der Waals surface area contributed by atoms with Gasteiger partial charge in [-0.25, -0.2) is 0 Å². The molecule has 1 N–H and O–H groups in total. The zero-order chi connectivity index (χ0) is 12.3. The molecular formula is C14H28N2O. The molecule has 1 aliphatic carbocycles. The van der Waals surface area contributed by atoms with Crippen LogP contribution in [0.5, 0.6) is 0 Å². The van der Waals surface area contributed by atoms with Crippen molar-refractivity contribution in [3.05, 3.63) is 0 Å². The molecule has 1 heterocycles. The minimum absolute atomic E-state index is 0.517. The second-order valence-electron chi connectivity index (χ2n) is 6.01. The van der Waals surface area contributed by atoms with Crippen LogP contribution in [-0.4, -0.2) is 50.3 Å². The van der Waals surface area contributed by atoms with Crippen LogP contribution in [-0.2, 0) is 4.74 Å². The van der Waals surface area contributed by atoms with Gasteiger partial charge in [-0.15, -0.1) is 0 Å². The third kappa shape index (κ3) is 3.67. The molecule has 0 amide bonds. The summed E-state index contributed by atoms with van der Waals surface area (Å²) in [6.45, 7) is 4.87. The van der Waals surface area contributed by atoms with Crippen LogP contribution in [0.4, 0.5) is 0 Å². The molecule has 17 heavy (non-hydrogen) atoms. The van der Waals surface area contributed by atoms with Gasteiger partial charge in [-0.2, -0.15) is 0 Å². The number of rotatable bonds is 3. The number of hydrogen-bond acceptors (Lipinski definition) is 3. The molecule has 0 aromatic rings. The molecule has 1 saturated carbocycles. The molecular weight excluding hydrogens is 212 g/mol. The van der Waals surface area contributed by atoms with Crippen molar-refractivity contribution in [2.45, 2.75) is 57.2 Å². The van der Waals surface area contributed by atoms with Crippen LogP contribution in [0, 0.1) is 5.92 Å².